The van der Waals surface area contributed by atoms with Crippen molar-refractivity contribution in [3.63, 3.8) is 0 Å². The SMILES string of the molecule is CCCCCC(C)N=C(N)Nc1ccccc1. The second kappa shape index (κ2) is 7.71. The number of hydrogen-bond acceptors (Lipinski definition) is 1. The summed E-state index contributed by atoms with van der Waals surface area (Å²) >= 11 is 0. The summed E-state index contributed by atoms with van der Waals surface area (Å²) in [6.45, 7) is 4.31. The van der Waals surface area contributed by atoms with Crippen molar-refractivity contribution in [3.8, 4) is 0 Å². The van der Waals surface area contributed by atoms with Crippen molar-refractivity contribution in [2.24, 2.45) is 10.7 Å². The Morgan fingerprint density at radius 1 is 1.29 bits per heavy atom. The lowest BCUT2D eigenvalue weighted by Gasteiger charge is -2.09. The van der Waals surface area contributed by atoms with Crippen LogP contribution in [-0.4, -0.2) is 12.0 Å². The Hall–Kier alpha value is -1.51. The first kappa shape index (κ1) is 13.6. The van der Waals surface area contributed by atoms with Gasteiger partial charge in [0.15, 0.2) is 5.96 Å². The Bertz CT molecular complexity index is 333. The van der Waals surface area contributed by atoms with E-state index in [4.69, 9.17) is 5.73 Å². The molecule has 1 rings (SSSR count). The van der Waals surface area contributed by atoms with Crippen LogP contribution in [0.25, 0.3) is 0 Å². The second-order valence-electron chi connectivity index (χ2n) is 4.35. The average molecular weight is 233 g/mol. The zero-order chi connectivity index (χ0) is 12.5. The molecule has 3 nitrogen and oxygen atoms in total. The van der Waals surface area contributed by atoms with E-state index < -0.39 is 0 Å². The maximum absolute atomic E-state index is 5.85. The van der Waals surface area contributed by atoms with Gasteiger partial charge in [-0.2, -0.15) is 0 Å². The van der Waals surface area contributed by atoms with Crippen molar-refractivity contribution >= 4 is 11.6 Å². The molecule has 0 bridgehead atoms. The molecular weight excluding hydrogens is 210 g/mol. The lowest BCUT2D eigenvalue weighted by Crippen LogP contribution is -2.24. The van der Waals surface area contributed by atoms with E-state index in [0.717, 1.165) is 12.1 Å². The number of hydrogen-bond donors (Lipinski definition) is 2. The highest BCUT2D eigenvalue weighted by Gasteiger charge is 2.00. The van der Waals surface area contributed by atoms with Gasteiger partial charge < -0.3 is 11.1 Å². The number of para-hydroxylation sites is 1. The van der Waals surface area contributed by atoms with E-state index in [1.165, 1.54) is 19.3 Å². The summed E-state index contributed by atoms with van der Waals surface area (Å²) in [4.78, 5) is 4.43. The van der Waals surface area contributed by atoms with Crippen LogP contribution in [0.1, 0.15) is 39.5 Å². The number of benzene rings is 1. The van der Waals surface area contributed by atoms with E-state index in [2.05, 4.69) is 24.2 Å². The van der Waals surface area contributed by atoms with E-state index in [-0.39, 0.29) is 6.04 Å². The molecule has 0 aromatic heterocycles. The standard InChI is InChI=1S/C14H23N3/c1-3-4-6-9-12(2)16-14(15)17-13-10-7-5-8-11-13/h5,7-8,10-12H,3-4,6,9H2,1-2H3,(H3,15,16,17). The van der Waals surface area contributed by atoms with Crippen LogP contribution in [0.4, 0.5) is 5.69 Å². The fourth-order valence-electron chi connectivity index (χ4n) is 1.69. The molecule has 0 spiro atoms. The van der Waals surface area contributed by atoms with Crippen LogP contribution in [0.3, 0.4) is 0 Å². The quantitative estimate of drug-likeness (QED) is 0.449. The van der Waals surface area contributed by atoms with Gasteiger partial charge in [0.25, 0.3) is 0 Å². The molecule has 0 amide bonds. The van der Waals surface area contributed by atoms with Crippen molar-refractivity contribution in [1.82, 2.24) is 0 Å². The minimum Gasteiger partial charge on any atom is -0.370 e. The number of nitrogens with two attached hydrogens (primary N) is 1. The number of unbranched alkanes of at least 4 members (excludes halogenated alkanes) is 2. The topological polar surface area (TPSA) is 50.4 Å². The Morgan fingerprint density at radius 2 is 2.00 bits per heavy atom. The fourth-order valence-corrected chi connectivity index (χ4v) is 1.69. The van der Waals surface area contributed by atoms with Crippen molar-refractivity contribution in [2.75, 3.05) is 5.32 Å². The van der Waals surface area contributed by atoms with Gasteiger partial charge in [-0.1, -0.05) is 44.4 Å². The van der Waals surface area contributed by atoms with E-state index >= 15 is 0 Å². The summed E-state index contributed by atoms with van der Waals surface area (Å²) in [6, 6.07) is 10.2. The molecule has 1 aromatic rings. The summed E-state index contributed by atoms with van der Waals surface area (Å²) in [5.74, 6) is 0.500. The third kappa shape index (κ3) is 5.95. The van der Waals surface area contributed by atoms with Gasteiger partial charge in [-0.3, -0.25) is 4.99 Å². The number of guanidine groups is 1. The largest absolute Gasteiger partial charge is 0.370 e. The summed E-state index contributed by atoms with van der Waals surface area (Å²) < 4.78 is 0. The molecule has 0 radical (unpaired) electrons. The summed E-state index contributed by atoms with van der Waals surface area (Å²) in [5.41, 5.74) is 6.83. The van der Waals surface area contributed by atoms with Crippen LogP contribution in [0.2, 0.25) is 0 Å². The molecule has 0 heterocycles. The smallest absolute Gasteiger partial charge is 0.193 e. The molecule has 17 heavy (non-hydrogen) atoms. The number of rotatable bonds is 6. The molecule has 1 atom stereocenters. The van der Waals surface area contributed by atoms with Crippen LogP contribution in [0.15, 0.2) is 35.3 Å². The van der Waals surface area contributed by atoms with E-state index in [1.54, 1.807) is 0 Å². The fraction of sp³-hybridized carbons (Fsp3) is 0.500. The average Bonchev–Trinajstić information content (AvgIpc) is 2.30. The normalized spacial score (nSPS) is 13.4. The first-order chi connectivity index (χ1) is 8.22. The van der Waals surface area contributed by atoms with E-state index in [1.807, 2.05) is 30.3 Å². The second-order valence-corrected chi connectivity index (χ2v) is 4.35. The molecule has 1 aromatic carbocycles. The minimum absolute atomic E-state index is 0.290. The minimum atomic E-state index is 0.290. The van der Waals surface area contributed by atoms with Crippen molar-refractivity contribution < 1.29 is 0 Å². The molecule has 3 N–H and O–H groups in total. The molecule has 1 unspecified atom stereocenters. The van der Waals surface area contributed by atoms with Crippen LogP contribution in [0.5, 0.6) is 0 Å². The molecule has 0 aliphatic heterocycles. The third-order valence-electron chi connectivity index (χ3n) is 2.63. The van der Waals surface area contributed by atoms with Gasteiger partial charge in [0.05, 0.1) is 6.04 Å². The molecule has 0 saturated heterocycles. The molecule has 3 heteroatoms. The maximum atomic E-state index is 5.85. The summed E-state index contributed by atoms with van der Waals surface area (Å²) in [7, 11) is 0. The Kier molecular flexibility index (Phi) is 6.15. The molecule has 0 fully saturated rings. The first-order valence-corrected chi connectivity index (χ1v) is 6.37. The molecular formula is C14H23N3. The van der Waals surface area contributed by atoms with Gasteiger partial charge in [0.1, 0.15) is 0 Å². The van der Waals surface area contributed by atoms with Gasteiger partial charge >= 0.3 is 0 Å². The summed E-state index contributed by atoms with van der Waals surface area (Å²) in [6.07, 6.45) is 4.84. The zero-order valence-corrected chi connectivity index (χ0v) is 10.8. The maximum Gasteiger partial charge on any atom is 0.193 e. The van der Waals surface area contributed by atoms with Gasteiger partial charge in [-0.05, 0) is 25.5 Å². The van der Waals surface area contributed by atoms with Crippen molar-refractivity contribution in [1.29, 1.82) is 0 Å². The van der Waals surface area contributed by atoms with Crippen molar-refractivity contribution in [3.05, 3.63) is 30.3 Å². The lowest BCUT2D eigenvalue weighted by molar-refractivity contribution is 0.593. The number of nitrogens with one attached hydrogen (secondary N) is 1. The van der Waals surface area contributed by atoms with Crippen LogP contribution in [-0.2, 0) is 0 Å². The first-order valence-electron chi connectivity index (χ1n) is 6.37. The van der Waals surface area contributed by atoms with Crippen LogP contribution in [0, 0.1) is 0 Å². The Labute approximate surface area is 104 Å². The Morgan fingerprint density at radius 3 is 2.65 bits per heavy atom. The van der Waals surface area contributed by atoms with Gasteiger partial charge in [0, 0.05) is 5.69 Å². The predicted octanol–water partition coefficient (Wildman–Crippen LogP) is 3.38. The monoisotopic (exact) mass is 233 g/mol. The van der Waals surface area contributed by atoms with Crippen LogP contribution >= 0.6 is 0 Å². The van der Waals surface area contributed by atoms with Gasteiger partial charge in [-0.25, -0.2) is 0 Å². The predicted molar refractivity (Wildman–Crippen MR) is 75.3 cm³/mol. The van der Waals surface area contributed by atoms with Crippen molar-refractivity contribution in [2.45, 2.75) is 45.6 Å². The molecule has 0 saturated carbocycles. The number of anilines is 1. The molecule has 0 aliphatic carbocycles. The highest BCUT2D eigenvalue weighted by molar-refractivity contribution is 5.92. The Balaban J connectivity index is 2.38. The number of aliphatic imine (C=N–C) groups is 1. The van der Waals surface area contributed by atoms with Gasteiger partial charge in [0.2, 0.25) is 0 Å². The zero-order valence-electron chi connectivity index (χ0n) is 10.8. The van der Waals surface area contributed by atoms with E-state index in [0.29, 0.717) is 5.96 Å². The van der Waals surface area contributed by atoms with Gasteiger partial charge in [-0.15, -0.1) is 0 Å². The molecule has 94 valence electrons. The molecule has 0 aliphatic rings. The highest BCUT2D eigenvalue weighted by atomic mass is 15.1. The highest BCUT2D eigenvalue weighted by Crippen LogP contribution is 2.07. The summed E-state index contributed by atoms with van der Waals surface area (Å²) in [5, 5.41) is 3.09. The van der Waals surface area contributed by atoms with E-state index in [9.17, 15) is 0 Å². The van der Waals surface area contributed by atoms with Crippen LogP contribution < -0.4 is 11.1 Å². The lowest BCUT2D eigenvalue weighted by atomic mass is 10.1. The third-order valence-corrected chi connectivity index (χ3v) is 2.63. The number of nitrogens with zero attached hydrogens (tertiary/aromatic N) is 1.